The zero-order valence-corrected chi connectivity index (χ0v) is 15.6. The predicted octanol–water partition coefficient (Wildman–Crippen LogP) is 2.21. The highest BCUT2D eigenvalue weighted by atomic mass is 16.6. The van der Waals surface area contributed by atoms with Crippen LogP contribution in [0.2, 0.25) is 0 Å². The first kappa shape index (κ1) is 19.6. The van der Waals surface area contributed by atoms with Crippen LogP contribution in [0, 0.1) is 10.1 Å². The summed E-state index contributed by atoms with van der Waals surface area (Å²) >= 11 is 0. The molecule has 1 atom stereocenters. The van der Waals surface area contributed by atoms with E-state index < -0.39 is 4.92 Å². The van der Waals surface area contributed by atoms with Crippen molar-refractivity contribution in [3.63, 3.8) is 0 Å². The predicted molar refractivity (Wildman–Crippen MR) is 104 cm³/mol. The average Bonchev–Trinajstić information content (AvgIpc) is 2.71. The molecule has 0 spiro atoms. The molecule has 2 N–H and O–H groups in total. The number of nitro benzene ring substituents is 1. The first-order chi connectivity index (χ1) is 13.5. The summed E-state index contributed by atoms with van der Waals surface area (Å²) in [6, 6.07) is 9.70. The Morgan fingerprint density at radius 2 is 2.07 bits per heavy atom. The molecule has 9 nitrogen and oxygen atoms in total. The van der Waals surface area contributed by atoms with Crippen molar-refractivity contribution in [3.8, 4) is 0 Å². The Labute approximate surface area is 162 Å². The van der Waals surface area contributed by atoms with Gasteiger partial charge in [-0.25, -0.2) is 9.78 Å². The highest BCUT2D eigenvalue weighted by Crippen LogP contribution is 2.15. The van der Waals surface area contributed by atoms with Gasteiger partial charge in [0.15, 0.2) is 0 Å². The van der Waals surface area contributed by atoms with Gasteiger partial charge in [0, 0.05) is 44.5 Å². The smallest absolute Gasteiger partial charge is 0.315 e. The first-order valence-corrected chi connectivity index (χ1v) is 9.08. The van der Waals surface area contributed by atoms with Crippen molar-refractivity contribution in [1.29, 1.82) is 0 Å². The summed E-state index contributed by atoms with van der Waals surface area (Å²) in [7, 11) is 0. The third kappa shape index (κ3) is 5.40. The van der Waals surface area contributed by atoms with Gasteiger partial charge in [0.25, 0.3) is 5.69 Å². The van der Waals surface area contributed by atoms with Crippen LogP contribution in [-0.2, 0) is 17.8 Å². The third-order valence-corrected chi connectivity index (χ3v) is 4.40. The largest absolute Gasteiger partial charge is 0.375 e. The Hall–Kier alpha value is -3.20. The maximum Gasteiger partial charge on any atom is 0.315 e. The lowest BCUT2D eigenvalue weighted by atomic mass is 10.2. The number of pyridine rings is 1. The summed E-state index contributed by atoms with van der Waals surface area (Å²) in [4.78, 5) is 28.9. The zero-order chi connectivity index (χ0) is 19.9. The van der Waals surface area contributed by atoms with E-state index in [9.17, 15) is 14.9 Å². The monoisotopic (exact) mass is 385 g/mol. The second kappa shape index (κ2) is 9.14. The minimum absolute atomic E-state index is 0.000494. The van der Waals surface area contributed by atoms with Crippen molar-refractivity contribution < 1.29 is 14.5 Å². The molecular weight excluding hydrogens is 362 g/mol. The van der Waals surface area contributed by atoms with E-state index in [0.29, 0.717) is 18.7 Å². The normalized spacial score (nSPS) is 16.5. The molecule has 2 heterocycles. The molecule has 0 bridgehead atoms. The number of rotatable bonds is 6. The van der Waals surface area contributed by atoms with Crippen molar-refractivity contribution in [3.05, 3.63) is 63.8 Å². The number of ether oxygens (including phenoxy) is 1. The Kier molecular flexibility index (Phi) is 6.38. The van der Waals surface area contributed by atoms with Gasteiger partial charge in [-0.15, -0.1) is 0 Å². The van der Waals surface area contributed by atoms with Gasteiger partial charge in [0.05, 0.1) is 17.6 Å². The van der Waals surface area contributed by atoms with Crippen LogP contribution in [-0.4, -0.2) is 41.7 Å². The van der Waals surface area contributed by atoms with Gasteiger partial charge in [-0.2, -0.15) is 0 Å². The van der Waals surface area contributed by atoms with E-state index in [1.165, 1.54) is 12.1 Å². The third-order valence-electron chi connectivity index (χ3n) is 4.40. The number of nitrogens with one attached hydrogen (secondary N) is 2. The van der Waals surface area contributed by atoms with Crippen LogP contribution < -0.4 is 15.5 Å². The Morgan fingerprint density at radius 1 is 1.29 bits per heavy atom. The number of hydrogen-bond acceptors (Lipinski definition) is 6. The molecule has 0 aliphatic carbocycles. The van der Waals surface area contributed by atoms with Crippen LogP contribution >= 0.6 is 0 Å². The van der Waals surface area contributed by atoms with Gasteiger partial charge in [-0.05, 0) is 24.1 Å². The molecule has 0 saturated carbocycles. The lowest BCUT2D eigenvalue weighted by molar-refractivity contribution is -0.384. The molecule has 1 aliphatic rings. The molecule has 2 amide bonds. The van der Waals surface area contributed by atoms with Gasteiger partial charge >= 0.3 is 6.03 Å². The second-order valence-electron chi connectivity index (χ2n) is 6.62. The van der Waals surface area contributed by atoms with Gasteiger partial charge in [0.1, 0.15) is 5.82 Å². The molecular formula is C19H23N5O4. The summed E-state index contributed by atoms with van der Waals surface area (Å²) in [6.07, 6.45) is 1.93. The van der Waals surface area contributed by atoms with Crippen LogP contribution in [0.3, 0.4) is 0 Å². The molecule has 2 aromatic rings. The number of nitrogens with zero attached hydrogens (tertiary/aromatic N) is 3. The highest BCUT2D eigenvalue weighted by molar-refractivity contribution is 5.73. The van der Waals surface area contributed by atoms with Crippen molar-refractivity contribution in [2.75, 3.05) is 24.6 Å². The van der Waals surface area contributed by atoms with Gasteiger partial charge in [-0.1, -0.05) is 18.2 Å². The van der Waals surface area contributed by atoms with E-state index >= 15 is 0 Å². The molecule has 1 aromatic heterocycles. The molecule has 1 fully saturated rings. The van der Waals surface area contributed by atoms with Crippen LogP contribution in [0.1, 0.15) is 18.1 Å². The molecule has 148 valence electrons. The van der Waals surface area contributed by atoms with E-state index in [-0.39, 0.29) is 24.4 Å². The molecule has 28 heavy (non-hydrogen) atoms. The average molecular weight is 385 g/mol. The fraction of sp³-hybridized carbons (Fsp3) is 0.368. The molecule has 3 rings (SSSR count). The number of aromatic nitrogens is 1. The van der Waals surface area contributed by atoms with Crippen molar-refractivity contribution in [2.45, 2.75) is 26.1 Å². The van der Waals surface area contributed by atoms with E-state index in [4.69, 9.17) is 4.74 Å². The van der Waals surface area contributed by atoms with Gasteiger partial charge in [-0.3, -0.25) is 10.1 Å². The summed E-state index contributed by atoms with van der Waals surface area (Å²) in [5.41, 5.74) is 1.55. The molecule has 1 aromatic carbocycles. The fourth-order valence-electron chi connectivity index (χ4n) is 2.94. The fourth-order valence-corrected chi connectivity index (χ4v) is 2.94. The number of nitro groups is 1. The maximum absolute atomic E-state index is 12.0. The lowest BCUT2D eigenvalue weighted by Crippen LogP contribution is -2.41. The van der Waals surface area contributed by atoms with Crippen molar-refractivity contribution in [2.24, 2.45) is 0 Å². The number of urea groups is 1. The highest BCUT2D eigenvalue weighted by Gasteiger charge is 2.17. The van der Waals surface area contributed by atoms with Gasteiger partial charge < -0.3 is 20.3 Å². The number of anilines is 1. The number of carbonyl (C=O) groups is 1. The Balaban J connectivity index is 1.45. The molecule has 1 aliphatic heterocycles. The summed E-state index contributed by atoms with van der Waals surface area (Å²) in [5.74, 6) is 0.897. The molecule has 0 radical (unpaired) electrons. The number of morpholine rings is 1. The van der Waals surface area contributed by atoms with Gasteiger partial charge in [0.2, 0.25) is 0 Å². The maximum atomic E-state index is 12.0. The van der Waals surface area contributed by atoms with Crippen LogP contribution in [0.25, 0.3) is 0 Å². The van der Waals surface area contributed by atoms with E-state index in [1.807, 2.05) is 19.1 Å². The quantitative estimate of drug-likeness (QED) is 0.583. The lowest BCUT2D eigenvalue weighted by Gasteiger charge is -2.32. The second-order valence-corrected chi connectivity index (χ2v) is 6.62. The number of amides is 2. The molecule has 9 heteroatoms. The van der Waals surface area contributed by atoms with E-state index in [0.717, 1.165) is 24.5 Å². The van der Waals surface area contributed by atoms with Crippen molar-refractivity contribution in [1.82, 2.24) is 15.6 Å². The first-order valence-electron chi connectivity index (χ1n) is 9.08. The standard InChI is InChI=1S/C19H23N5O4/c1-14-13-23(7-8-28-14)18-6-5-16(11-20-18)12-22-19(25)21-10-15-3-2-4-17(9-15)24(26)27/h2-6,9,11,14H,7-8,10,12-13H2,1H3,(H2,21,22,25). The van der Waals surface area contributed by atoms with Crippen LogP contribution in [0.5, 0.6) is 0 Å². The Morgan fingerprint density at radius 3 is 2.75 bits per heavy atom. The van der Waals surface area contributed by atoms with E-state index in [1.54, 1.807) is 18.3 Å². The van der Waals surface area contributed by atoms with Crippen LogP contribution in [0.15, 0.2) is 42.6 Å². The number of benzene rings is 1. The minimum atomic E-state index is -0.461. The number of hydrogen-bond donors (Lipinski definition) is 2. The molecule has 1 saturated heterocycles. The van der Waals surface area contributed by atoms with Crippen LogP contribution in [0.4, 0.5) is 16.3 Å². The summed E-state index contributed by atoms with van der Waals surface area (Å²) < 4.78 is 5.53. The Bertz CT molecular complexity index is 827. The topological polar surface area (TPSA) is 110 Å². The number of non-ortho nitro benzene ring substituents is 1. The van der Waals surface area contributed by atoms with E-state index in [2.05, 4.69) is 20.5 Å². The minimum Gasteiger partial charge on any atom is -0.375 e. The summed E-state index contributed by atoms with van der Waals surface area (Å²) in [6.45, 7) is 4.90. The molecule has 1 unspecified atom stereocenters. The SMILES string of the molecule is CC1CN(c2ccc(CNC(=O)NCc3cccc([N+](=O)[O-])c3)cn2)CCO1. The summed E-state index contributed by atoms with van der Waals surface area (Å²) in [5, 5.41) is 16.2. The van der Waals surface area contributed by atoms with Crippen molar-refractivity contribution >= 4 is 17.5 Å². The number of carbonyl (C=O) groups excluding carboxylic acids is 1. The zero-order valence-electron chi connectivity index (χ0n) is 15.6.